The van der Waals surface area contributed by atoms with Crippen LogP contribution in [-0.2, 0) is 19.1 Å². The zero-order chi connectivity index (χ0) is 18.2. The first-order chi connectivity index (χ1) is 12.1. The maximum Gasteiger partial charge on any atom is 0.328 e. The molecule has 25 heavy (non-hydrogen) atoms. The van der Waals surface area contributed by atoms with Crippen LogP contribution in [0.4, 0.5) is 5.69 Å². The molecule has 0 bridgehead atoms. The average molecular weight is 383 g/mol. The second kappa shape index (κ2) is 9.72. The monoisotopic (exact) mass is 382 g/mol. The van der Waals surface area contributed by atoms with Crippen LogP contribution >= 0.6 is 23.5 Å². The largest absolute Gasteiger partial charge is 0.467 e. The fourth-order valence-electron chi connectivity index (χ4n) is 2.51. The number of rotatable bonds is 8. The summed E-state index contributed by atoms with van der Waals surface area (Å²) in [4.78, 5) is 38.9. The van der Waals surface area contributed by atoms with Crippen LogP contribution < -0.4 is 10.2 Å². The molecular weight excluding hydrogens is 360 g/mol. The van der Waals surface area contributed by atoms with E-state index in [1.54, 1.807) is 16.7 Å². The summed E-state index contributed by atoms with van der Waals surface area (Å²) < 4.78 is 4.74. The Bertz CT molecular complexity index is 639. The summed E-state index contributed by atoms with van der Waals surface area (Å²) in [5, 5.41) is 2.71. The van der Waals surface area contributed by atoms with Crippen molar-refractivity contribution >= 4 is 47.0 Å². The van der Waals surface area contributed by atoms with Crippen LogP contribution in [-0.4, -0.2) is 55.2 Å². The van der Waals surface area contributed by atoms with E-state index in [9.17, 15) is 14.4 Å². The fraction of sp³-hybridized carbons (Fsp3) is 0.471. The highest BCUT2D eigenvalue weighted by molar-refractivity contribution is 8.00. The van der Waals surface area contributed by atoms with Crippen molar-refractivity contribution in [1.29, 1.82) is 0 Å². The number of benzene rings is 1. The third kappa shape index (κ3) is 5.40. The highest BCUT2D eigenvalue weighted by Gasteiger charge is 2.26. The lowest BCUT2D eigenvalue weighted by Gasteiger charge is -2.28. The lowest BCUT2D eigenvalue weighted by molar-refractivity contribution is -0.145. The zero-order valence-electron chi connectivity index (χ0n) is 14.3. The molecular formula is C17H22N2O4S2. The Kier molecular flexibility index (Phi) is 7.64. The van der Waals surface area contributed by atoms with Gasteiger partial charge in [-0.2, -0.15) is 11.8 Å². The predicted molar refractivity (Wildman–Crippen MR) is 101 cm³/mol. The number of nitrogens with one attached hydrogen (secondary N) is 1. The molecule has 2 rings (SSSR count). The van der Waals surface area contributed by atoms with Crippen molar-refractivity contribution in [2.45, 2.75) is 23.8 Å². The van der Waals surface area contributed by atoms with E-state index in [4.69, 9.17) is 4.74 Å². The van der Waals surface area contributed by atoms with Crippen molar-refractivity contribution in [3.05, 3.63) is 24.3 Å². The van der Waals surface area contributed by atoms with Crippen LogP contribution in [0.3, 0.4) is 0 Å². The van der Waals surface area contributed by atoms with E-state index in [0.29, 0.717) is 18.7 Å². The number of amides is 2. The van der Waals surface area contributed by atoms with Crippen molar-refractivity contribution in [2.24, 2.45) is 0 Å². The maximum atomic E-state index is 12.2. The number of carbonyl (C=O) groups excluding carboxylic acids is 3. The molecule has 1 N–H and O–H groups in total. The smallest absolute Gasteiger partial charge is 0.328 e. The van der Waals surface area contributed by atoms with Crippen molar-refractivity contribution in [1.82, 2.24) is 5.32 Å². The second-order valence-corrected chi connectivity index (χ2v) is 7.48. The number of hydrogen-bond acceptors (Lipinski definition) is 6. The van der Waals surface area contributed by atoms with Gasteiger partial charge in [-0.25, -0.2) is 4.79 Å². The Labute approximate surface area is 156 Å². The van der Waals surface area contributed by atoms with Gasteiger partial charge in [0.1, 0.15) is 6.04 Å². The first-order valence-electron chi connectivity index (χ1n) is 7.95. The molecule has 1 aromatic carbocycles. The van der Waals surface area contributed by atoms with E-state index in [1.165, 1.54) is 18.9 Å². The Balaban J connectivity index is 1.94. The Morgan fingerprint density at radius 2 is 2.16 bits per heavy atom. The van der Waals surface area contributed by atoms with Gasteiger partial charge in [-0.15, -0.1) is 11.8 Å². The highest BCUT2D eigenvalue weighted by Crippen LogP contribution is 2.34. The van der Waals surface area contributed by atoms with E-state index in [-0.39, 0.29) is 18.2 Å². The van der Waals surface area contributed by atoms with Crippen LogP contribution in [0.15, 0.2) is 29.2 Å². The number of fused-ring (bicyclic) bond motifs is 1. The maximum absolute atomic E-state index is 12.2. The zero-order valence-corrected chi connectivity index (χ0v) is 16.0. The number of esters is 1. The summed E-state index contributed by atoms with van der Waals surface area (Å²) in [6.07, 6.45) is 2.59. The van der Waals surface area contributed by atoms with E-state index in [1.807, 2.05) is 30.5 Å². The minimum atomic E-state index is -0.648. The minimum absolute atomic E-state index is 0.0107. The van der Waals surface area contributed by atoms with E-state index >= 15 is 0 Å². The number of thioether (sulfide) groups is 2. The molecule has 0 aliphatic carbocycles. The molecule has 1 aliphatic heterocycles. The molecule has 0 radical (unpaired) electrons. The van der Waals surface area contributed by atoms with Gasteiger partial charge in [0, 0.05) is 17.9 Å². The van der Waals surface area contributed by atoms with Gasteiger partial charge in [-0.1, -0.05) is 12.1 Å². The van der Waals surface area contributed by atoms with Crippen LogP contribution in [0.1, 0.15) is 12.8 Å². The summed E-state index contributed by atoms with van der Waals surface area (Å²) in [5.41, 5.74) is 0.837. The van der Waals surface area contributed by atoms with E-state index in [2.05, 4.69) is 5.32 Å². The summed E-state index contributed by atoms with van der Waals surface area (Å²) in [6, 6.07) is 7.01. The van der Waals surface area contributed by atoms with Gasteiger partial charge < -0.3 is 15.0 Å². The normalized spacial score (nSPS) is 14.6. The molecule has 1 heterocycles. The van der Waals surface area contributed by atoms with E-state index < -0.39 is 12.0 Å². The van der Waals surface area contributed by atoms with Crippen molar-refractivity contribution in [3.63, 3.8) is 0 Å². The SMILES string of the molecule is COC(=O)[C@H](CCSC)NC(=O)CCN1C(=O)CSc2ccccc21. The summed E-state index contributed by atoms with van der Waals surface area (Å²) in [5.74, 6) is 0.397. The number of ether oxygens (including phenoxy) is 1. The first kappa shape index (κ1) is 19.7. The molecule has 0 fully saturated rings. The number of anilines is 1. The van der Waals surface area contributed by atoms with Crippen LogP contribution in [0, 0.1) is 0 Å². The molecule has 0 saturated heterocycles. The van der Waals surface area contributed by atoms with Crippen LogP contribution in [0.5, 0.6) is 0 Å². The molecule has 6 nitrogen and oxygen atoms in total. The topological polar surface area (TPSA) is 75.7 Å². The molecule has 1 atom stereocenters. The average Bonchev–Trinajstić information content (AvgIpc) is 2.63. The fourth-order valence-corrected chi connectivity index (χ4v) is 3.91. The molecule has 1 aromatic rings. The van der Waals surface area contributed by atoms with Crippen molar-refractivity contribution < 1.29 is 19.1 Å². The molecule has 0 unspecified atom stereocenters. The summed E-state index contributed by atoms with van der Waals surface area (Å²) >= 11 is 3.11. The summed E-state index contributed by atoms with van der Waals surface area (Å²) in [7, 11) is 1.31. The van der Waals surface area contributed by atoms with Gasteiger partial charge in [0.2, 0.25) is 11.8 Å². The van der Waals surface area contributed by atoms with Gasteiger partial charge >= 0.3 is 5.97 Å². The van der Waals surface area contributed by atoms with Gasteiger partial charge in [0.05, 0.1) is 18.6 Å². The number of hydrogen-bond donors (Lipinski definition) is 1. The van der Waals surface area contributed by atoms with E-state index in [0.717, 1.165) is 16.3 Å². The molecule has 0 saturated carbocycles. The minimum Gasteiger partial charge on any atom is -0.467 e. The molecule has 136 valence electrons. The highest BCUT2D eigenvalue weighted by atomic mass is 32.2. The Morgan fingerprint density at radius 3 is 2.88 bits per heavy atom. The van der Waals surface area contributed by atoms with Crippen molar-refractivity contribution in [2.75, 3.05) is 36.3 Å². The Hall–Kier alpha value is -1.67. The number of nitrogens with zero attached hydrogens (tertiary/aromatic N) is 1. The third-order valence-electron chi connectivity index (χ3n) is 3.80. The third-order valence-corrected chi connectivity index (χ3v) is 5.49. The summed E-state index contributed by atoms with van der Waals surface area (Å²) in [6.45, 7) is 0.290. The van der Waals surface area contributed by atoms with Crippen LogP contribution in [0.25, 0.3) is 0 Å². The molecule has 0 aromatic heterocycles. The van der Waals surface area contributed by atoms with Crippen LogP contribution in [0.2, 0.25) is 0 Å². The standard InChI is InChI=1S/C17H22N2O4S2/c1-23-17(22)12(8-10-24-2)18-15(20)7-9-19-13-5-3-4-6-14(13)25-11-16(19)21/h3-6,12H,7-11H2,1-2H3,(H,18,20)/t12-/m0/s1. The van der Waals surface area contributed by atoms with Gasteiger partial charge in [-0.05, 0) is 30.6 Å². The Morgan fingerprint density at radius 1 is 1.40 bits per heavy atom. The molecule has 1 aliphatic rings. The first-order valence-corrected chi connectivity index (χ1v) is 10.3. The quantitative estimate of drug-likeness (QED) is 0.693. The number of carbonyl (C=O) groups is 3. The number of para-hydroxylation sites is 1. The van der Waals surface area contributed by atoms with Gasteiger partial charge in [0.15, 0.2) is 0 Å². The number of methoxy groups -OCH3 is 1. The van der Waals surface area contributed by atoms with Crippen molar-refractivity contribution in [3.8, 4) is 0 Å². The molecule has 2 amide bonds. The molecule has 0 spiro atoms. The lowest BCUT2D eigenvalue weighted by Crippen LogP contribution is -2.44. The molecule has 8 heteroatoms. The predicted octanol–water partition coefficient (Wildman–Crippen LogP) is 1.93. The van der Waals surface area contributed by atoms with Gasteiger partial charge in [-0.3, -0.25) is 9.59 Å². The lowest BCUT2D eigenvalue weighted by atomic mass is 10.2. The second-order valence-electron chi connectivity index (χ2n) is 5.48. The van der Waals surface area contributed by atoms with Gasteiger partial charge in [0.25, 0.3) is 0 Å².